The highest BCUT2D eigenvalue weighted by atomic mass is 16.5. The van der Waals surface area contributed by atoms with Crippen LogP contribution in [0.25, 0.3) is 0 Å². The van der Waals surface area contributed by atoms with Crippen molar-refractivity contribution in [2.45, 2.75) is 39.8 Å². The molecular weight excluding hydrogens is 342 g/mol. The van der Waals surface area contributed by atoms with E-state index in [0.717, 1.165) is 55.4 Å². The number of hydrogen-bond acceptors (Lipinski definition) is 5. The fraction of sp³-hybridized carbons (Fsp3) is 0.524. The summed E-state index contributed by atoms with van der Waals surface area (Å²) in [4.78, 5) is 17.1. The minimum atomic E-state index is 0.0858. The van der Waals surface area contributed by atoms with Crippen molar-refractivity contribution in [2.24, 2.45) is 5.41 Å². The van der Waals surface area contributed by atoms with Crippen molar-refractivity contribution >= 4 is 5.91 Å². The van der Waals surface area contributed by atoms with Gasteiger partial charge in [-0.2, -0.15) is 0 Å². The van der Waals surface area contributed by atoms with E-state index in [2.05, 4.69) is 22.2 Å². The topological polar surface area (TPSA) is 58.8 Å². The van der Waals surface area contributed by atoms with E-state index < -0.39 is 0 Å². The molecule has 0 saturated carbocycles. The van der Waals surface area contributed by atoms with Crippen LogP contribution in [0.2, 0.25) is 0 Å². The van der Waals surface area contributed by atoms with Gasteiger partial charge in [-0.3, -0.25) is 9.69 Å². The molecule has 27 heavy (non-hydrogen) atoms. The van der Waals surface area contributed by atoms with E-state index in [-0.39, 0.29) is 11.3 Å². The molecule has 0 aliphatic carbocycles. The molecule has 0 N–H and O–H groups in total. The molecule has 1 aromatic heterocycles. The van der Waals surface area contributed by atoms with Gasteiger partial charge in [0.1, 0.15) is 11.5 Å². The van der Waals surface area contributed by atoms with Crippen molar-refractivity contribution in [1.82, 2.24) is 15.0 Å². The number of aryl methyl sites for hydroxylation is 2. The molecule has 0 radical (unpaired) electrons. The Kier molecular flexibility index (Phi) is 4.68. The van der Waals surface area contributed by atoms with Gasteiger partial charge in [0.25, 0.3) is 0 Å². The smallest absolute Gasteiger partial charge is 0.223 e. The molecule has 2 saturated heterocycles. The fourth-order valence-electron chi connectivity index (χ4n) is 4.47. The molecule has 6 heteroatoms. The molecule has 1 unspecified atom stereocenters. The Morgan fingerprint density at radius 1 is 1.19 bits per heavy atom. The highest BCUT2D eigenvalue weighted by Crippen LogP contribution is 2.41. The zero-order valence-corrected chi connectivity index (χ0v) is 16.3. The van der Waals surface area contributed by atoms with Gasteiger partial charge in [-0.1, -0.05) is 17.3 Å². The molecule has 3 heterocycles. The van der Waals surface area contributed by atoms with Crippen LogP contribution in [0.1, 0.15) is 35.4 Å². The molecule has 2 aliphatic rings. The van der Waals surface area contributed by atoms with E-state index in [9.17, 15) is 4.79 Å². The van der Waals surface area contributed by atoms with Crippen LogP contribution in [0.3, 0.4) is 0 Å². The lowest BCUT2D eigenvalue weighted by molar-refractivity contribution is -0.128. The molecule has 4 rings (SSSR count). The number of likely N-dealkylation sites (tertiary alicyclic amines) is 2. The van der Waals surface area contributed by atoms with Gasteiger partial charge in [-0.15, -0.1) is 0 Å². The number of nitrogens with zero attached hydrogens (tertiary/aromatic N) is 3. The van der Waals surface area contributed by atoms with Crippen molar-refractivity contribution in [3.05, 3.63) is 46.8 Å². The van der Waals surface area contributed by atoms with Crippen molar-refractivity contribution in [2.75, 3.05) is 26.7 Å². The third-order valence-corrected chi connectivity index (χ3v) is 6.02. The van der Waals surface area contributed by atoms with E-state index in [4.69, 9.17) is 9.26 Å². The summed E-state index contributed by atoms with van der Waals surface area (Å²) >= 11 is 0. The molecule has 1 aromatic carbocycles. The maximum Gasteiger partial charge on any atom is 0.223 e. The predicted molar refractivity (Wildman–Crippen MR) is 101 cm³/mol. The number of ether oxygens (including phenoxy) is 1. The maximum atomic E-state index is 12.7. The summed E-state index contributed by atoms with van der Waals surface area (Å²) in [5, 5.41) is 4.01. The summed E-state index contributed by atoms with van der Waals surface area (Å²) in [6.07, 6.45) is 1.72. The molecule has 1 amide bonds. The first-order chi connectivity index (χ1) is 13.0. The van der Waals surface area contributed by atoms with E-state index in [1.54, 1.807) is 7.11 Å². The van der Waals surface area contributed by atoms with E-state index in [1.807, 2.05) is 30.9 Å². The van der Waals surface area contributed by atoms with Crippen molar-refractivity contribution in [3.8, 4) is 5.75 Å². The number of hydrogen-bond donors (Lipinski definition) is 0. The van der Waals surface area contributed by atoms with E-state index in [0.29, 0.717) is 13.0 Å². The van der Waals surface area contributed by atoms with Gasteiger partial charge in [-0.25, -0.2) is 0 Å². The molecule has 144 valence electrons. The van der Waals surface area contributed by atoms with Crippen LogP contribution in [0.5, 0.6) is 5.75 Å². The second kappa shape index (κ2) is 7.00. The quantitative estimate of drug-likeness (QED) is 0.811. The predicted octanol–water partition coefficient (Wildman–Crippen LogP) is 2.92. The van der Waals surface area contributed by atoms with Gasteiger partial charge >= 0.3 is 0 Å². The first-order valence-corrected chi connectivity index (χ1v) is 9.53. The Bertz CT molecular complexity index is 810. The van der Waals surface area contributed by atoms with Crippen LogP contribution in [-0.2, 0) is 17.9 Å². The molecule has 0 bridgehead atoms. The first kappa shape index (κ1) is 18.0. The van der Waals surface area contributed by atoms with Gasteiger partial charge in [0, 0.05) is 37.0 Å². The van der Waals surface area contributed by atoms with Crippen LogP contribution in [0.15, 0.2) is 28.8 Å². The summed E-state index contributed by atoms with van der Waals surface area (Å²) in [6, 6.07) is 8.25. The largest absolute Gasteiger partial charge is 0.497 e. The van der Waals surface area contributed by atoms with Crippen LogP contribution in [0.4, 0.5) is 0 Å². The number of carbonyl (C=O) groups is 1. The SMILES string of the molecule is COc1ccc(CN2CCC3(CC(=O)N(Cc4c(C)noc4C)C3)C2)cc1. The summed E-state index contributed by atoms with van der Waals surface area (Å²) in [5.41, 5.74) is 3.30. The number of benzene rings is 1. The summed E-state index contributed by atoms with van der Waals surface area (Å²) < 4.78 is 10.5. The van der Waals surface area contributed by atoms with Crippen molar-refractivity contribution in [3.63, 3.8) is 0 Å². The third kappa shape index (κ3) is 3.58. The van der Waals surface area contributed by atoms with Gasteiger partial charge in [0.15, 0.2) is 0 Å². The molecule has 6 nitrogen and oxygen atoms in total. The highest BCUT2D eigenvalue weighted by Gasteiger charge is 2.47. The molecule has 1 spiro atoms. The summed E-state index contributed by atoms with van der Waals surface area (Å²) in [6.45, 7) is 8.23. The molecular formula is C21H27N3O3. The van der Waals surface area contributed by atoms with Crippen LogP contribution >= 0.6 is 0 Å². The normalized spacial score (nSPS) is 22.9. The molecule has 1 atom stereocenters. The van der Waals surface area contributed by atoms with Crippen LogP contribution in [0, 0.1) is 19.3 Å². The number of rotatable bonds is 5. The third-order valence-electron chi connectivity index (χ3n) is 6.02. The van der Waals surface area contributed by atoms with Gasteiger partial charge in [0.05, 0.1) is 19.3 Å². The lowest BCUT2D eigenvalue weighted by Gasteiger charge is -2.24. The Labute approximate surface area is 160 Å². The van der Waals surface area contributed by atoms with Crippen LogP contribution in [-0.4, -0.2) is 47.6 Å². The Morgan fingerprint density at radius 3 is 2.63 bits per heavy atom. The van der Waals surface area contributed by atoms with E-state index >= 15 is 0 Å². The molecule has 2 aromatic rings. The monoisotopic (exact) mass is 369 g/mol. The second-order valence-electron chi connectivity index (χ2n) is 8.04. The Balaban J connectivity index is 1.39. The fourth-order valence-corrected chi connectivity index (χ4v) is 4.47. The summed E-state index contributed by atoms with van der Waals surface area (Å²) in [7, 11) is 1.69. The highest BCUT2D eigenvalue weighted by molar-refractivity contribution is 5.79. The zero-order chi connectivity index (χ0) is 19.0. The Hall–Kier alpha value is -2.34. The average molecular weight is 369 g/mol. The number of carbonyl (C=O) groups excluding carboxylic acids is 1. The van der Waals surface area contributed by atoms with Gasteiger partial charge < -0.3 is 14.2 Å². The standard InChI is InChI=1S/C21H27N3O3/c1-15-19(16(2)27-22-15)12-24-14-21(10-20(24)25)8-9-23(13-21)11-17-4-6-18(26-3)7-5-17/h4-7H,8-14H2,1-3H3. The minimum absolute atomic E-state index is 0.0858. The van der Waals surface area contributed by atoms with Crippen molar-refractivity contribution < 1.29 is 14.1 Å². The molecule has 2 aliphatic heterocycles. The zero-order valence-electron chi connectivity index (χ0n) is 16.3. The van der Waals surface area contributed by atoms with E-state index in [1.165, 1.54) is 5.56 Å². The number of amides is 1. The first-order valence-electron chi connectivity index (χ1n) is 9.53. The average Bonchev–Trinajstić information content (AvgIpc) is 3.29. The summed E-state index contributed by atoms with van der Waals surface area (Å²) in [5.74, 6) is 1.95. The maximum absolute atomic E-state index is 12.7. The minimum Gasteiger partial charge on any atom is -0.497 e. The Morgan fingerprint density at radius 2 is 1.96 bits per heavy atom. The van der Waals surface area contributed by atoms with Gasteiger partial charge in [-0.05, 0) is 44.5 Å². The lowest BCUT2D eigenvalue weighted by atomic mass is 9.86. The number of aromatic nitrogens is 1. The van der Waals surface area contributed by atoms with Gasteiger partial charge in [0.2, 0.25) is 5.91 Å². The molecule has 2 fully saturated rings. The number of methoxy groups -OCH3 is 1. The second-order valence-corrected chi connectivity index (χ2v) is 8.04. The lowest BCUT2D eigenvalue weighted by Crippen LogP contribution is -2.31. The van der Waals surface area contributed by atoms with Crippen LogP contribution < -0.4 is 4.74 Å². The van der Waals surface area contributed by atoms with Crippen molar-refractivity contribution in [1.29, 1.82) is 0 Å².